The summed E-state index contributed by atoms with van der Waals surface area (Å²) in [6.07, 6.45) is 5.02. The molecule has 2 aromatic rings. The topological polar surface area (TPSA) is 59.8 Å². The van der Waals surface area contributed by atoms with Crippen molar-refractivity contribution in [2.75, 3.05) is 46.2 Å². The largest absolute Gasteiger partial charge is 0.493 e. The molecule has 2 fully saturated rings. The maximum atomic E-state index is 13.0. The van der Waals surface area contributed by atoms with Gasteiger partial charge in [0.25, 0.3) is 0 Å². The number of carbonyl (C=O) groups excluding carboxylic acids is 1. The van der Waals surface area contributed by atoms with Crippen LogP contribution >= 0.6 is 11.8 Å². The number of amides is 1. The highest BCUT2D eigenvalue weighted by molar-refractivity contribution is 7.99. The molecular formula is C26H38N4O3S. The Kier molecular flexibility index (Phi) is 8.09. The Hall–Kier alpha value is -2.19. The van der Waals surface area contributed by atoms with Gasteiger partial charge in [0.15, 0.2) is 16.7 Å². The molecule has 1 saturated heterocycles. The summed E-state index contributed by atoms with van der Waals surface area (Å²) in [4.78, 5) is 22.2. The van der Waals surface area contributed by atoms with Crippen molar-refractivity contribution in [3.05, 3.63) is 34.6 Å². The number of hydrogen-bond donors (Lipinski definition) is 0. The molecule has 1 amide bonds. The Morgan fingerprint density at radius 2 is 1.68 bits per heavy atom. The zero-order valence-corrected chi connectivity index (χ0v) is 22.0. The van der Waals surface area contributed by atoms with E-state index in [1.807, 2.05) is 11.0 Å². The first-order valence-electron chi connectivity index (χ1n) is 12.3. The molecule has 0 spiro atoms. The molecule has 1 aromatic heterocycles. The van der Waals surface area contributed by atoms with E-state index in [0.717, 1.165) is 55.1 Å². The second-order valence-electron chi connectivity index (χ2n) is 9.45. The van der Waals surface area contributed by atoms with Crippen LogP contribution in [0, 0.1) is 20.8 Å². The van der Waals surface area contributed by atoms with Gasteiger partial charge in [0.2, 0.25) is 5.91 Å². The molecule has 2 aliphatic rings. The predicted molar refractivity (Wildman–Crippen MR) is 136 cm³/mol. The smallest absolute Gasteiger partial charge is 0.233 e. The van der Waals surface area contributed by atoms with Crippen LogP contribution in [0.1, 0.15) is 54.2 Å². The Morgan fingerprint density at radius 3 is 2.32 bits per heavy atom. The second kappa shape index (κ2) is 11.0. The van der Waals surface area contributed by atoms with Crippen LogP contribution in [0.4, 0.5) is 0 Å². The van der Waals surface area contributed by atoms with E-state index in [-0.39, 0.29) is 5.91 Å². The molecule has 186 valence electrons. The number of imidazole rings is 1. The van der Waals surface area contributed by atoms with Crippen LogP contribution in [-0.4, -0.2) is 71.4 Å². The molecule has 0 N–H and O–H groups in total. The van der Waals surface area contributed by atoms with Gasteiger partial charge in [0.1, 0.15) is 0 Å². The van der Waals surface area contributed by atoms with Gasteiger partial charge in [0, 0.05) is 44.5 Å². The van der Waals surface area contributed by atoms with E-state index in [4.69, 9.17) is 14.5 Å². The fraction of sp³-hybridized carbons (Fsp3) is 0.615. The van der Waals surface area contributed by atoms with Crippen LogP contribution in [0.5, 0.6) is 11.5 Å². The van der Waals surface area contributed by atoms with Gasteiger partial charge < -0.3 is 18.9 Å². The summed E-state index contributed by atoms with van der Waals surface area (Å²) >= 11 is 1.60. The van der Waals surface area contributed by atoms with Crippen molar-refractivity contribution in [3.8, 4) is 11.5 Å². The Morgan fingerprint density at radius 1 is 1.03 bits per heavy atom. The molecule has 1 aliphatic carbocycles. The normalized spacial score (nSPS) is 17.4. The molecule has 1 aliphatic heterocycles. The summed E-state index contributed by atoms with van der Waals surface area (Å²) in [6.45, 7) is 10.5. The summed E-state index contributed by atoms with van der Waals surface area (Å²) in [5.41, 5.74) is 4.76. The molecule has 8 heteroatoms. The standard InChI is InChI=1S/C26H38N4O3S/c1-18-14-23(32-4)24(33-5)15-21(18)16-28-10-12-29(13-11-28)25(31)17-34-26-27-19(2)20(3)30(26)22-8-6-7-9-22/h14-15,22H,6-13,16-17H2,1-5H3. The van der Waals surface area contributed by atoms with Gasteiger partial charge in [-0.1, -0.05) is 24.6 Å². The summed E-state index contributed by atoms with van der Waals surface area (Å²) in [7, 11) is 3.33. The van der Waals surface area contributed by atoms with Crippen molar-refractivity contribution in [3.63, 3.8) is 0 Å². The van der Waals surface area contributed by atoms with Crippen LogP contribution in [0.15, 0.2) is 17.3 Å². The fourth-order valence-electron chi connectivity index (χ4n) is 5.10. The van der Waals surface area contributed by atoms with Crippen molar-refractivity contribution in [2.45, 2.75) is 64.2 Å². The van der Waals surface area contributed by atoms with Crippen LogP contribution in [0.3, 0.4) is 0 Å². The Bertz CT molecular complexity index is 1010. The highest BCUT2D eigenvalue weighted by Crippen LogP contribution is 2.35. The lowest BCUT2D eigenvalue weighted by atomic mass is 10.1. The number of carbonyl (C=O) groups is 1. The number of benzene rings is 1. The number of nitrogens with zero attached hydrogens (tertiary/aromatic N) is 4. The van der Waals surface area contributed by atoms with Crippen molar-refractivity contribution in [1.82, 2.24) is 19.4 Å². The summed E-state index contributed by atoms with van der Waals surface area (Å²) in [5, 5.41) is 1.01. The Balaban J connectivity index is 1.31. The minimum Gasteiger partial charge on any atom is -0.493 e. The molecular weight excluding hydrogens is 448 g/mol. The van der Waals surface area contributed by atoms with Gasteiger partial charge in [0.05, 0.1) is 25.7 Å². The van der Waals surface area contributed by atoms with Crippen molar-refractivity contribution >= 4 is 17.7 Å². The first-order chi connectivity index (χ1) is 16.4. The van der Waals surface area contributed by atoms with E-state index in [1.165, 1.54) is 42.5 Å². The zero-order valence-electron chi connectivity index (χ0n) is 21.2. The predicted octanol–water partition coefficient (Wildman–Crippen LogP) is 4.38. The van der Waals surface area contributed by atoms with Gasteiger partial charge in [-0.05, 0) is 56.9 Å². The van der Waals surface area contributed by atoms with Gasteiger partial charge in [-0.2, -0.15) is 0 Å². The molecule has 2 heterocycles. The number of thioether (sulfide) groups is 1. The van der Waals surface area contributed by atoms with Crippen molar-refractivity contribution in [1.29, 1.82) is 0 Å². The highest BCUT2D eigenvalue weighted by Gasteiger charge is 2.26. The zero-order chi connectivity index (χ0) is 24.2. The lowest BCUT2D eigenvalue weighted by Crippen LogP contribution is -2.48. The number of aromatic nitrogens is 2. The van der Waals surface area contributed by atoms with Crippen molar-refractivity contribution in [2.24, 2.45) is 0 Å². The number of ether oxygens (including phenoxy) is 2. The van der Waals surface area contributed by atoms with Gasteiger partial charge >= 0.3 is 0 Å². The van der Waals surface area contributed by atoms with Crippen molar-refractivity contribution < 1.29 is 14.3 Å². The molecule has 0 unspecified atom stereocenters. The fourth-order valence-corrected chi connectivity index (χ4v) is 6.16. The quantitative estimate of drug-likeness (QED) is 0.516. The number of methoxy groups -OCH3 is 2. The maximum absolute atomic E-state index is 13.0. The molecule has 0 bridgehead atoms. The summed E-state index contributed by atoms with van der Waals surface area (Å²) < 4.78 is 13.3. The van der Waals surface area contributed by atoms with Crippen LogP contribution in [0.2, 0.25) is 0 Å². The molecule has 1 aromatic carbocycles. The monoisotopic (exact) mass is 486 g/mol. The third-order valence-corrected chi connectivity index (χ3v) is 8.27. The second-order valence-corrected chi connectivity index (χ2v) is 10.4. The van der Waals surface area contributed by atoms with E-state index in [1.54, 1.807) is 26.0 Å². The average molecular weight is 487 g/mol. The number of aryl methyl sites for hydroxylation is 2. The first kappa shape index (κ1) is 24.9. The minimum absolute atomic E-state index is 0.211. The number of rotatable bonds is 8. The third kappa shape index (κ3) is 5.38. The van der Waals surface area contributed by atoms with Gasteiger partial charge in [-0.15, -0.1) is 0 Å². The molecule has 0 atom stereocenters. The van der Waals surface area contributed by atoms with E-state index in [2.05, 4.69) is 36.3 Å². The van der Waals surface area contributed by atoms with Gasteiger partial charge in [-0.3, -0.25) is 9.69 Å². The van der Waals surface area contributed by atoms with E-state index in [9.17, 15) is 4.79 Å². The van der Waals surface area contributed by atoms with Gasteiger partial charge in [-0.25, -0.2) is 4.98 Å². The maximum Gasteiger partial charge on any atom is 0.233 e. The van der Waals surface area contributed by atoms with Crippen LogP contribution < -0.4 is 9.47 Å². The van der Waals surface area contributed by atoms with E-state index < -0.39 is 0 Å². The highest BCUT2D eigenvalue weighted by atomic mass is 32.2. The molecule has 1 saturated carbocycles. The molecule has 0 radical (unpaired) electrons. The summed E-state index contributed by atoms with van der Waals surface area (Å²) in [6, 6.07) is 4.64. The lowest BCUT2D eigenvalue weighted by Gasteiger charge is -2.35. The number of piperazine rings is 1. The molecule has 34 heavy (non-hydrogen) atoms. The summed E-state index contributed by atoms with van der Waals surface area (Å²) in [5.74, 6) is 2.19. The SMILES string of the molecule is COc1cc(C)c(CN2CCN(C(=O)CSc3nc(C)c(C)n3C3CCCC3)CC2)cc1OC. The first-order valence-corrected chi connectivity index (χ1v) is 13.3. The Labute approximate surface area is 207 Å². The van der Waals surface area contributed by atoms with Crippen LogP contribution in [-0.2, 0) is 11.3 Å². The van der Waals surface area contributed by atoms with E-state index >= 15 is 0 Å². The molecule has 4 rings (SSSR count). The molecule has 7 nitrogen and oxygen atoms in total. The average Bonchev–Trinajstić information content (AvgIpc) is 3.46. The lowest BCUT2D eigenvalue weighted by molar-refractivity contribution is -0.130. The van der Waals surface area contributed by atoms with E-state index in [0.29, 0.717) is 11.8 Å². The minimum atomic E-state index is 0.211. The third-order valence-electron chi connectivity index (χ3n) is 7.33. The number of hydrogen-bond acceptors (Lipinski definition) is 6. The van der Waals surface area contributed by atoms with Crippen LogP contribution in [0.25, 0.3) is 0 Å².